The minimum atomic E-state index is 0.637. The highest BCUT2D eigenvalue weighted by molar-refractivity contribution is 7.16. The van der Waals surface area contributed by atoms with Crippen LogP contribution in [0.2, 0.25) is 0 Å². The van der Waals surface area contributed by atoms with E-state index in [1.54, 1.807) is 22.7 Å². The van der Waals surface area contributed by atoms with Gasteiger partial charge in [0.25, 0.3) is 0 Å². The molecule has 0 aliphatic carbocycles. The summed E-state index contributed by atoms with van der Waals surface area (Å²) in [5.41, 5.74) is 1.04. The molecule has 0 atom stereocenters. The van der Waals surface area contributed by atoms with Gasteiger partial charge in [-0.2, -0.15) is 0 Å². The van der Waals surface area contributed by atoms with Crippen molar-refractivity contribution in [2.24, 2.45) is 5.92 Å². The van der Waals surface area contributed by atoms with Gasteiger partial charge >= 0.3 is 0 Å². The Bertz CT molecular complexity index is 474. The number of thiazole rings is 2. The summed E-state index contributed by atoms with van der Waals surface area (Å²) in [4.78, 5) is 10.1. The number of hydrogen-bond acceptors (Lipinski definition) is 5. The van der Waals surface area contributed by atoms with E-state index in [0.717, 1.165) is 28.7 Å². The molecule has 17 heavy (non-hydrogen) atoms. The molecule has 0 bridgehead atoms. The number of rotatable bonds is 5. The van der Waals surface area contributed by atoms with E-state index in [0.29, 0.717) is 5.92 Å². The van der Waals surface area contributed by atoms with Crippen LogP contribution >= 0.6 is 22.7 Å². The summed E-state index contributed by atoms with van der Waals surface area (Å²) in [5.74, 6) is 0.637. The second kappa shape index (κ2) is 5.60. The number of hydrogen-bond donors (Lipinski definition) is 1. The molecule has 0 saturated heterocycles. The molecular weight excluding hydrogens is 250 g/mol. The summed E-state index contributed by atoms with van der Waals surface area (Å²) in [5, 5.41) is 7.61. The molecule has 2 aromatic heterocycles. The zero-order chi connectivity index (χ0) is 12.3. The third kappa shape index (κ3) is 3.26. The van der Waals surface area contributed by atoms with Crippen LogP contribution in [0.15, 0.2) is 11.6 Å². The quantitative estimate of drug-likeness (QED) is 0.893. The summed E-state index contributed by atoms with van der Waals surface area (Å²) in [6, 6.07) is 0. The van der Waals surface area contributed by atoms with E-state index in [-0.39, 0.29) is 0 Å². The second-order valence-electron chi connectivity index (χ2n) is 4.28. The van der Waals surface area contributed by atoms with Gasteiger partial charge in [0.05, 0.1) is 15.6 Å². The standard InChI is InChI=1S/C12H17N3S2/c1-4-11-13-6-10(17-11)9-7-16-12(15-9)14-5-8(2)3/h6-8H,4-5H2,1-3H3,(H,14,15). The molecule has 0 aliphatic heterocycles. The number of nitrogens with one attached hydrogen (secondary N) is 1. The lowest BCUT2D eigenvalue weighted by Gasteiger charge is -2.04. The first-order chi connectivity index (χ1) is 8.19. The molecule has 0 saturated carbocycles. The average molecular weight is 267 g/mol. The summed E-state index contributed by atoms with van der Waals surface area (Å²) in [7, 11) is 0. The van der Waals surface area contributed by atoms with Gasteiger partial charge < -0.3 is 5.32 Å². The predicted molar refractivity (Wildman–Crippen MR) is 75.9 cm³/mol. The Balaban J connectivity index is 2.07. The van der Waals surface area contributed by atoms with E-state index in [9.17, 15) is 0 Å². The maximum Gasteiger partial charge on any atom is 0.183 e. The Kier molecular flexibility index (Phi) is 4.12. The highest BCUT2D eigenvalue weighted by atomic mass is 32.1. The molecular formula is C12H17N3S2. The molecule has 3 nitrogen and oxygen atoms in total. The maximum absolute atomic E-state index is 4.58. The Hall–Kier alpha value is -0.940. The van der Waals surface area contributed by atoms with E-state index in [2.05, 4.69) is 41.4 Å². The molecule has 0 aromatic carbocycles. The molecule has 2 aromatic rings. The number of nitrogens with zero attached hydrogens (tertiary/aromatic N) is 2. The van der Waals surface area contributed by atoms with Crippen molar-refractivity contribution in [3.63, 3.8) is 0 Å². The van der Waals surface area contributed by atoms with Gasteiger partial charge in [-0.25, -0.2) is 9.97 Å². The Morgan fingerprint density at radius 1 is 1.41 bits per heavy atom. The molecule has 2 heterocycles. The van der Waals surface area contributed by atoms with Gasteiger partial charge in [0.1, 0.15) is 0 Å². The molecule has 0 radical (unpaired) electrons. The summed E-state index contributed by atoms with van der Waals surface area (Å²) >= 11 is 3.39. The van der Waals surface area contributed by atoms with Crippen LogP contribution in [-0.2, 0) is 6.42 Å². The summed E-state index contributed by atoms with van der Waals surface area (Å²) in [6.45, 7) is 7.48. The lowest BCUT2D eigenvalue weighted by Crippen LogP contribution is -2.07. The van der Waals surface area contributed by atoms with Crippen molar-refractivity contribution in [2.75, 3.05) is 11.9 Å². The average Bonchev–Trinajstić information content (AvgIpc) is 2.94. The third-order valence-electron chi connectivity index (χ3n) is 2.27. The highest BCUT2D eigenvalue weighted by Crippen LogP contribution is 2.29. The molecule has 2 rings (SSSR count). The van der Waals surface area contributed by atoms with Crippen molar-refractivity contribution < 1.29 is 0 Å². The highest BCUT2D eigenvalue weighted by Gasteiger charge is 2.08. The van der Waals surface area contributed by atoms with Gasteiger partial charge in [0, 0.05) is 18.1 Å². The molecule has 0 unspecified atom stereocenters. The lowest BCUT2D eigenvalue weighted by atomic mass is 10.2. The summed E-state index contributed by atoms with van der Waals surface area (Å²) in [6.07, 6.45) is 2.91. The van der Waals surface area contributed by atoms with Crippen LogP contribution in [0.1, 0.15) is 25.8 Å². The summed E-state index contributed by atoms with van der Waals surface area (Å²) < 4.78 is 0. The van der Waals surface area contributed by atoms with E-state index < -0.39 is 0 Å². The molecule has 1 N–H and O–H groups in total. The van der Waals surface area contributed by atoms with Gasteiger partial charge in [-0.15, -0.1) is 22.7 Å². The van der Waals surface area contributed by atoms with Gasteiger partial charge in [0.15, 0.2) is 5.13 Å². The topological polar surface area (TPSA) is 37.8 Å². The Labute approximate surface area is 110 Å². The second-order valence-corrected chi connectivity index (χ2v) is 6.26. The third-order valence-corrected chi connectivity index (χ3v) is 4.24. The van der Waals surface area contributed by atoms with Gasteiger partial charge in [-0.05, 0) is 12.3 Å². The van der Waals surface area contributed by atoms with E-state index in [4.69, 9.17) is 0 Å². The largest absolute Gasteiger partial charge is 0.361 e. The Morgan fingerprint density at radius 2 is 2.24 bits per heavy atom. The number of anilines is 1. The molecule has 0 fully saturated rings. The number of aromatic nitrogens is 2. The predicted octanol–water partition coefficient (Wildman–Crippen LogP) is 3.90. The normalized spacial score (nSPS) is 11.1. The fourth-order valence-electron chi connectivity index (χ4n) is 1.35. The minimum absolute atomic E-state index is 0.637. The van der Waals surface area contributed by atoms with Crippen molar-refractivity contribution in [3.8, 4) is 10.6 Å². The van der Waals surface area contributed by atoms with Crippen molar-refractivity contribution >= 4 is 27.8 Å². The maximum atomic E-state index is 4.58. The first kappa shape index (κ1) is 12.5. The number of aryl methyl sites for hydroxylation is 1. The van der Waals surface area contributed by atoms with Crippen molar-refractivity contribution in [1.82, 2.24) is 9.97 Å². The van der Waals surface area contributed by atoms with Gasteiger partial charge in [0.2, 0.25) is 0 Å². The van der Waals surface area contributed by atoms with Crippen molar-refractivity contribution in [1.29, 1.82) is 0 Å². The van der Waals surface area contributed by atoms with Crippen LogP contribution < -0.4 is 5.32 Å². The zero-order valence-electron chi connectivity index (χ0n) is 10.4. The van der Waals surface area contributed by atoms with E-state index in [1.165, 1.54) is 5.01 Å². The monoisotopic (exact) mass is 267 g/mol. The van der Waals surface area contributed by atoms with Crippen LogP contribution in [0, 0.1) is 5.92 Å². The lowest BCUT2D eigenvalue weighted by molar-refractivity contribution is 0.688. The van der Waals surface area contributed by atoms with Crippen molar-refractivity contribution in [2.45, 2.75) is 27.2 Å². The molecule has 0 spiro atoms. The smallest absolute Gasteiger partial charge is 0.183 e. The van der Waals surface area contributed by atoms with E-state index in [1.807, 2.05) is 6.20 Å². The fraction of sp³-hybridized carbons (Fsp3) is 0.500. The van der Waals surface area contributed by atoms with Crippen LogP contribution in [0.3, 0.4) is 0 Å². The van der Waals surface area contributed by atoms with Crippen molar-refractivity contribution in [3.05, 3.63) is 16.6 Å². The Morgan fingerprint density at radius 3 is 2.88 bits per heavy atom. The SMILES string of the molecule is CCc1ncc(-c2csc(NCC(C)C)n2)s1. The van der Waals surface area contributed by atoms with Crippen LogP contribution in [0.5, 0.6) is 0 Å². The molecule has 5 heteroatoms. The van der Waals surface area contributed by atoms with Gasteiger partial charge in [-0.1, -0.05) is 20.8 Å². The zero-order valence-corrected chi connectivity index (χ0v) is 12.0. The fourth-order valence-corrected chi connectivity index (χ4v) is 2.97. The van der Waals surface area contributed by atoms with E-state index >= 15 is 0 Å². The first-order valence-corrected chi connectivity index (χ1v) is 7.53. The first-order valence-electron chi connectivity index (χ1n) is 5.83. The van der Waals surface area contributed by atoms with Gasteiger partial charge in [-0.3, -0.25) is 0 Å². The van der Waals surface area contributed by atoms with Crippen LogP contribution in [0.4, 0.5) is 5.13 Å². The molecule has 0 amide bonds. The van der Waals surface area contributed by atoms with Crippen LogP contribution in [-0.4, -0.2) is 16.5 Å². The molecule has 0 aliphatic rings. The minimum Gasteiger partial charge on any atom is -0.361 e. The van der Waals surface area contributed by atoms with Crippen LogP contribution in [0.25, 0.3) is 10.6 Å². The molecule has 92 valence electrons.